The molecule has 10 heteroatoms. The third-order valence-electron chi connectivity index (χ3n) is 6.72. The highest BCUT2D eigenvalue weighted by atomic mass is 16.7. The average molecular weight is 562 g/mol. The predicted octanol–water partition coefficient (Wildman–Crippen LogP) is 5.78. The summed E-state index contributed by atoms with van der Waals surface area (Å²) in [5, 5.41) is 20.6. The van der Waals surface area contributed by atoms with Crippen LogP contribution in [0.2, 0.25) is 0 Å². The second kappa shape index (κ2) is 13.8. The summed E-state index contributed by atoms with van der Waals surface area (Å²) in [6.07, 6.45) is 6.14. The van der Waals surface area contributed by atoms with Crippen molar-refractivity contribution in [3.8, 4) is 5.75 Å². The van der Waals surface area contributed by atoms with E-state index in [9.17, 15) is 34.2 Å². The lowest BCUT2D eigenvalue weighted by atomic mass is 9.73. The Balaban J connectivity index is 1.86. The molecule has 40 heavy (non-hydrogen) atoms. The SMILES string of the molecule is CC(C)(C)c1c(OCCCCCCCCCC(=O)ON2C(=O)CCC2=O)cc(C(=O)O)c(C(C)(C)C)c1C(=O)O. The Bertz CT molecular complexity index is 1110. The number of nitrogens with zero attached hydrogens (tertiary/aromatic N) is 1. The highest BCUT2D eigenvalue weighted by Gasteiger charge is 2.36. The Labute approximate surface area is 236 Å². The monoisotopic (exact) mass is 561 g/mol. The third-order valence-corrected chi connectivity index (χ3v) is 6.72. The van der Waals surface area contributed by atoms with Gasteiger partial charge in [-0.25, -0.2) is 14.4 Å². The molecule has 0 bridgehead atoms. The number of benzene rings is 1. The van der Waals surface area contributed by atoms with Gasteiger partial charge in [0.1, 0.15) is 5.75 Å². The van der Waals surface area contributed by atoms with Crippen LogP contribution in [-0.4, -0.2) is 51.6 Å². The summed E-state index contributed by atoms with van der Waals surface area (Å²) < 4.78 is 6.02. The van der Waals surface area contributed by atoms with Gasteiger partial charge in [-0.15, -0.1) is 5.06 Å². The lowest BCUT2D eigenvalue weighted by Gasteiger charge is -2.31. The number of unbranched alkanes of at least 4 members (excludes halogenated alkanes) is 6. The van der Waals surface area contributed by atoms with E-state index < -0.39 is 40.6 Å². The number of imide groups is 1. The number of hydrogen-bond acceptors (Lipinski definition) is 7. The first-order chi connectivity index (χ1) is 18.6. The first-order valence-corrected chi connectivity index (χ1v) is 13.9. The maximum atomic E-state index is 12.4. The zero-order valence-electron chi connectivity index (χ0n) is 24.6. The van der Waals surface area contributed by atoms with E-state index in [1.807, 2.05) is 20.8 Å². The molecule has 2 rings (SSSR count). The number of amides is 2. The van der Waals surface area contributed by atoms with E-state index in [1.54, 1.807) is 20.8 Å². The lowest BCUT2D eigenvalue weighted by molar-refractivity contribution is -0.197. The van der Waals surface area contributed by atoms with Crippen LogP contribution in [0.15, 0.2) is 6.07 Å². The largest absolute Gasteiger partial charge is 0.493 e. The number of carbonyl (C=O) groups is 5. The summed E-state index contributed by atoms with van der Waals surface area (Å²) in [5.74, 6) is -3.62. The Morgan fingerprint density at radius 3 is 1.75 bits per heavy atom. The number of hydrogen-bond donors (Lipinski definition) is 2. The van der Waals surface area contributed by atoms with Crippen LogP contribution in [-0.2, 0) is 30.1 Å². The molecule has 0 atom stereocenters. The van der Waals surface area contributed by atoms with E-state index in [4.69, 9.17) is 9.57 Å². The summed E-state index contributed by atoms with van der Waals surface area (Å²) in [5.41, 5.74) is -0.575. The fraction of sp³-hybridized carbons (Fsp3) is 0.633. The molecule has 10 nitrogen and oxygen atoms in total. The number of ether oxygens (including phenoxy) is 1. The van der Waals surface area contributed by atoms with Gasteiger partial charge in [-0.05, 0) is 35.3 Å². The van der Waals surface area contributed by atoms with E-state index in [0.717, 1.165) is 38.5 Å². The van der Waals surface area contributed by atoms with Crippen molar-refractivity contribution in [2.24, 2.45) is 0 Å². The second-order valence-electron chi connectivity index (χ2n) is 12.3. The van der Waals surface area contributed by atoms with Gasteiger partial charge in [-0.1, -0.05) is 73.6 Å². The molecule has 0 spiro atoms. The topological polar surface area (TPSA) is 148 Å². The lowest BCUT2D eigenvalue weighted by Crippen LogP contribution is -2.31. The maximum Gasteiger partial charge on any atom is 0.336 e. The van der Waals surface area contributed by atoms with Crippen molar-refractivity contribution in [1.82, 2.24) is 5.06 Å². The van der Waals surface area contributed by atoms with Crippen molar-refractivity contribution in [2.45, 2.75) is 117 Å². The molecule has 0 aliphatic carbocycles. The van der Waals surface area contributed by atoms with Gasteiger partial charge in [0.15, 0.2) is 0 Å². The number of carboxylic acids is 2. The van der Waals surface area contributed by atoms with Gasteiger partial charge in [0.25, 0.3) is 11.8 Å². The number of hydroxylamine groups is 2. The van der Waals surface area contributed by atoms with Gasteiger partial charge in [0.05, 0.1) is 17.7 Å². The molecule has 0 unspecified atom stereocenters. The van der Waals surface area contributed by atoms with Gasteiger partial charge < -0.3 is 19.8 Å². The average Bonchev–Trinajstić information content (AvgIpc) is 3.14. The molecule has 2 N–H and O–H groups in total. The summed E-state index contributed by atoms with van der Waals surface area (Å²) in [6, 6.07) is 1.47. The molecule has 0 aromatic heterocycles. The second-order valence-corrected chi connectivity index (χ2v) is 12.3. The fourth-order valence-electron chi connectivity index (χ4n) is 4.92. The van der Waals surface area contributed by atoms with Crippen molar-refractivity contribution in [3.63, 3.8) is 0 Å². The maximum absolute atomic E-state index is 12.4. The standard InChI is InChI=1S/C30H43NO9/c1-29(2,3)25-19(27(35)36)18-20(26(30(4,5)6)24(25)28(37)38)39-17-13-11-9-7-8-10-12-14-23(34)40-31-21(32)15-16-22(31)33/h18H,7-17H2,1-6H3,(H,35,36)(H,37,38). The molecule has 1 aromatic rings. The highest BCUT2D eigenvalue weighted by Crippen LogP contribution is 2.42. The molecule has 1 fully saturated rings. The fourth-order valence-corrected chi connectivity index (χ4v) is 4.92. The van der Waals surface area contributed by atoms with Crippen LogP contribution in [0, 0.1) is 0 Å². The number of carboxylic acid groups (broad SMARTS) is 2. The van der Waals surface area contributed by atoms with Crippen LogP contribution >= 0.6 is 0 Å². The van der Waals surface area contributed by atoms with E-state index in [1.165, 1.54) is 6.07 Å². The van der Waals surface area contributed by atoms with Crippen LogP contribution in [0.5, 0.6) is 5.75 Å². The molecule has 2 amide bonds. The molecule has 0 radical (unpaired) electrons. The summed E-state index contributed by atoms with van der Waals surface area (Å²) in [6.45, 7) is 11.4. The first-order valence-electron chi connectivity index (χ1n) is 13.9. The van der Waals surface area contributed by atoms with Crippen molar-refractivity contribution in [2.75, 3.05) is 6.61 Å². The van der Waals surface area contributed by atoms with Gasteiger partial charge in [0.2, 0.25) is 0 Å². The van der Waals surface area contributed by atoms with Crippen LogP contribution < -0.4 is 4.74 Å². The smallest absolute Gasteiger partial charge is 0.336 e. The number of carbonyl (C=O) groups excluding carboxylic acids is 3. The van der Waals surface area contributed by atoms with Gasteiger partial charge in [-0.2, -0.15) is 0 Å². The van der Waals surface area contributed by atoms with Crippen molar-refractivity contribution in [1.29, 1.82) is 0 Å². The van der Waals surface area contributed by atoms with Crippen molar-refractivity contribution >= 4 is 29.7 Å². The van der Waals surface area contributed by atoms with Crippen LogP contribution in [0.1, 0.15) is 138 Å². The molecule has 1 aliphatic heterocycles. The normalized spacial score (nSPS) is 14.0. The third kappa shape index (κ3) is 8.79. The zero-order valence-corrected chi connectivity index (χ0v) is 24.6. The molecule has 1 aliphatic rings. The number of aromatic carboxylic acids is 2. The molecule has 1 heterocycles. The van der Waals surface area contributed by atoms with Gasteiger partial charge in [-0.3, -0.25) is 9.59 Å². The molecule has 1 aromatic carbocycles. The molecular weight excluding hydrogens is 518 g/mol. The predicted molar refractivity (Wildman–Crippen MR) is 147 cm³/mol. The van der Waals surface area contributed by atoms with E-state index >= 15 is 0 Å². The van der Waals surface area contributed by atoms with Crippen LogP contribution in [0.4, 0.5) is 0 Å². The van der Waals surface area contributed by atoms with Crippen molar-refractivity contribution in [3.05, 3.63) is 28.3 Å². The Morgan fingerprint density at radius 2 is 1.27 bits per heavy atom. The van der Waals surface area contributed by atoms with E-state index in [-0.39, 0.29) is 36.0 Å². The molecular formula is C30H43NO9. The van der Waals surface area contributed by atoms with Crippen LogP contribution in [0.25, 0.3) is 0 Å². The number of rotatable bonds is 14. The van der Waals surface area contributed by atoms with Crippen molar-refractivity contribution < 1.29 is 43.8 Å². The highest BCUT2D eigenvalue weighted by molar-refractivity contribution is 6.01. The Kier molecular flexibility index (Phi) is 11.3. The quantitative estimate of drug-likeness (QED) is 0.213. The van der Waals surface area contributed by atoms with Crippen LogP contribution in [0.3, 0.4) is 0 Å². The van der Waals surface area contributed by atoms with Gasteiger partial charge >= 0.3 is 17.9 Å². The minimum atomic E-state index is -1.19. The summed E-state index contributed by atoms with van der Waals surface area (Å²) in [4.78, 5) is 64.2. The zero-order chi connectivity index (χ0) is 30.3. The van der Waals surface area contributed by atoms with E-state index in [2.05, 4.69) is 0 Å². The summed E-state index contributed by atoms with van der Waals surface area (Å²) in [7, 11) is 0. The Hall–Kier alpha value is -3.43. The molecule has 0 saturated carbocycles. The molecule has 222 valence electrons. The molecule has 1 saturated heterocycles. The summed E-state index contributed by atoms with van der Waals surface area (Å²) >= 11 is 0. The first kappa shape index (κ1) is 32.8. The van der Waals surface area contributed by atoms with E-state index in [0.29, 0.717) is 29.4 Å². The van der Waals surface area contributed by atoms with Gasteiger partial charge in [0, 0.05) is 24.8 Å². The minimum absolute atomic E-state index is 0.00240. The Morgan fingerprint density at radius 1 is 0.775 bits per heavy atom. The minimum Gasteiger partial charge on any atom is -0.493 e.